The van der Waals surface area contributed by atoms with Crippen molar-refractivity contribution in [2.45, 2.75) is 6.42 Å². The van der Waals surface area contributed by atoms with E-state index in [9.17, 15) is 4.79 Å². The van der Waals surface area contributed by atoms with Gasteiger partial charge in [-0.25, -0.2) is 0 Å². The quantitative estimate of drug-likeness (QED) is 0.329. The fourth-order valence-electron chi connectivity index (χ4n) is 3.27. The highest BCUT2D eigenvalue weighted by atomic mass is 35.5. The molecular formula is C24H22ClN3O2S. The Kier molecular flexibility index (Phi) is 6.70. The van der Waals surface area contributed by atoms with Crippen molar-refractivity contribution in [3.05, 3.63) is 77.3 Å². The molecule has 7 heteroatoms. The molecule has 0 radical (unpaired) electrons. The number of nitrogens with one attached hydrogen (secondary N) is 2. The van der Waals surface area contributed by atoms with Gasteiger partial charge in [-0.15, -0.1) is 0 Å². The minimum absolute atomic E-state index is 0.0802. The first-order valence-electron chi connectivity index (χ1n) is 9.96. The molecule has 0 aliphatic rings. The second kappa shape index (κ2) is 9.81. The van der Waals surface area contributed by atoms with Gasteiger partial charge in [-0.1, -0.05) is 41.9 Å². The Balaban J connectivity index is 1.26. The van der Waals surface area contributed by atoms with Gasteiger partial charge < -0.3 is 15.4 Å². The summed E-state index contributed by atoms with van der Waals surface area (Å²) in [6.45, 7) is 1.27. The summed E-state index contributed by atoms with van der Waals surface area (Å²) in [5.41, 5.74) is 2.77. The highest BCUT2D eigenvalue weighted by Crippen LogP contribution is 2.32. The number of rotatable bonds is 8. The Morgan fingerprint density at radius 2 is 1.71 bits per heavy atom. The number of nitrogens with zero attached hydrogens (tertiary/aromatic N) is 1. The van der Waals surface area contributed by atoms with Gasteiger partial charge in [-0.05, 0) is 65.5 Å². The van der Waals surface area contributed by atoms with E-state index in [1.165, 1.54) is 11.5 Å². The SMILES string of the molecule is COc1ccc(-c2ccc(C(=O)NCCCNc3nsc4cccc(Cl)c34)cc2)cc1. The van der Waals surface area contributed by atoms with E-state index in [-0.39, 0.29) is 5.91 Å². The van der Waals surface area contributed by atoms with E-state index in [0.29, 0.717) is 23.7 Å². The summed E-state index contributed by atoms with van der Waals surface area (Å²) in [6, 6.07) is 21.2. The van der Waals surface area contributed by atoms with Gasteiger partial charge >= 0.3 is 0 Å². The molecule has 158 valence electrons. The summed E-state index contributed by atoms with van der Waals surface area (Å²) in [4.78, 5) is 12.4. The number of anilines is 1. The molecule has 0 aliphatic carbocycles. The summed E-state index contributed by atoms with van der Waals surface area (Å²) in [6.07, 6.45) is 0.777. The van der Waals surface area contributed by atoms with Gasteiger partial charge in [0, 0.05) is 18.7 Å². The molecule has 0 saturated heterocycles. The van der Waals surface area contributed by atoms with Gasteiger partial charge in [-0.3, -0.25) is 4.79 Å². The van der Waals surface area contributed by atoms with Crippen LogP contribution in [0.3, 0.4) is 0 Å². The van der Waals surface area contributed by atoms with Crippen molar-refractivity contribution in [3.63, 3.8) is 0 Å². The first-order valence-corrected chi connectivity index (χ1v) is 11.1. The molecule has 0 spiro atoms. The zero-order valence-electron chi connectivity index (χ0n) is 17.0. The normalized spacial score (nSPS) is 10.8. The minimum atomic E-state index is -0.0802. The molecule has 0 saturated carbocycles. The van der Waals surface area contributed by atoms with Crippen molar-refractivity contribution in [1.29, 1.82) is 0 Å². The van der Waals surface area contributed by atoms with Crippen LogP contribution in [0.2, 0.25) is 5.02 Å². The van der Waals surface area contributed by atoms with Crippen LogP contribution in [0.1, 0.15) is 16.8 Å². The predicted octanol–water partition coefficient (Wildman–Crippen LogP) is 5.86. The van der Waals surface area contributed by atoms with Crippen LogP contribution < -0.4 is 15.4 Å². The lowest BCUT2D eigenvalue weighted by molar-refractivity contribution is 0.0953. The third-order valence-electron chi connectivity index (χ3n) is 4.95. The van der Waals surface area contributed by atoms with E-state index in [2.05, 4.69) is 15.0 Å². The van der Waals surface area contributed by atoms with E-state index >= 15 is 0 Å². The van der Waals surface area contributed by atoms with Gasteiger partial charge in [0.15, 0.2) is 0 Å². The van der Waals surface area contributed by atoms with Crippen LogP contribution in [0, 0.1) is 0 Å². The standard InChI is InChI=1S/C24H22ClN3O2S/c1-30-19-12-10-17(11-13-19)16-6-8-18(9-7-16)24(29)27-15-3-14-26-23-22-20(25)4-2-5-21(22)31-28-23/h2,4-13H,3,14-15H2,1H3,(H,26,28)(H,27,29). The number of aromatic nitrogens is 1. The molecule has 4 aromatic rings. The molecule has 3 aromatic carbocycles. The smallest absolute Gasteiger partial charge is 0.251 e. The summed E-state index contributed by atoms with van der Waals surface area (Å²) in [5, 5.41) is 7.92. The molecule has 5 nitrogen and oxygen atoms in total. The van der Waals surface area contributed by atoms with Crippen molar-refractivity contribution in [2.75, 3.05) is 25.5 Å². The Labute approximate surface area is 190 Å². The zero-order valence-corrected chi connectivity index (χ0v) is 18.6. The third-order valence-corrected chi connectivity index (χ3v) is 6.08. The molecule has 4 rings (SSSR count). The number of carbonyl (C=O) groups is 1. The minimum Gasteiger partial charge on any atom is -0.497 e. The third kappa shape index (κ3) is 4.98. The molecule has 0 atom stereocenters. The van der Waals surface area contributed by atoms with Gasteiger partial charge in [0.1, 0.15) is 11.6 Å². The number of carbonyl (C=O) groups excluding carboxylic acids is 1. The van der Waals surface area contributed by atoms with Crippen molar-refractivity contribution in [1.82, 2.24) is 9.69 Å². The van der Waals surface area contributed by atoms with E-state index in [0.717, 1.165) is 39.2 Å². The van der Waals surface area contributed by atoms with Crippen molar-refractivity contribution >= 4 is 44.9 Å². The Bertz CT molecular complexity index is 1170. The van der Waals surface area contributed by atoms with Gasteiger partial charge in [0.05, 0.1) is 22.2 Å². The van der Waals surface area contributed by atoms with Crippen molar-refractivity contribution < 1.29 is 9.53 Å². The van der Waals surface area contributed by atoms with Gasteiger partial charge in [0.2, 0.25) is 0 Å². The summed E-state index contributed by atoms with van der Waals surface area (Å²) < 4.78 is 10.7. The molecular weight excluding hydrogens is 430 g/mol. The lowest BCUT2D eigenvalue weighted by Gasteiger charge is -2.08. The molecule has 0 bridgehead atoms. The first kappa shape index (κ1) is 21.2. The molecule has 2 N–H and O–H groups in total. The fourth-order valence-corrected chi connectivity index (χ4v) is 4.37. The maximum atomic E-state index is 12.4. The van der Waals surface area contributed by atoms with E-state index in [4.69, 9.17) is 16.3 Å². The Hall–Kier alpha value is -3.09. The topological polar surface area (TPSA) is 63.2 Å². The van der Waals surface area contributed by atoms with E-state index in [1.54, 1.807) is 7.11 Å². The summed E-state index contributed by atoms with van der Waals surface area (Å²) in [5.74, 6) is 1.54. The van der Waals surface area contributed by atoms with Crippen LogP contribution >= 0.6 is 23.1 Å². The van der Waals surface area contributed by atoms with Crippen LogP contribution in [-0.2, 0) is 0 Å². The number of hydrogen-bond acceptors (Lipinski definition) is 5. The average Bonchev–Trinajstić information content (AvgIpc) is 3.23. The number of methoxy groups -OCH3 is 1. The van der Waals surface area contributed by atoms with Crippen molar-refractivity contribution in [2.24, 2.45) is 0 Å². The second-order valence-electron chi connectivity index (χ2n) is 6.99. The van der Waals surface area contributed by atoms with Gasteiger partial charge in [0.25, 0.3) is 5.91 Å². The average molecular weight is 452 g/mol. The molecule has 31 heavy (non-hydrogen) atoms. The van der Waals surface area contributed by atoms with E-state index < -0.39 is 0 Å². The largest absolute Gasteiger partial charge is 0.497 e. The number of amides is 1. The number of ether oxygens (including phenoxy) is 1. The van der Waals surface area contributed by atoms with Crippen LogP contribution in [-0.4, -0.2) is 30.5 Å². The Morgan fingerprint density at radius 3 is 2.42 bits per heavy atom. The van der Waals surface area contributed by atoms with Crippen molar-refractivity contribution in [3.8, 4) is 16.9 Å². The van der Waals surface area contributed by atoms with Gasteiger partial charge in [-0.2, -0.15) is 4.37 Å². The van der Waals surface area contributed by atoms with Crippen LogP contribution in [0.4, 0.5) is 5.82 Å². The fraction of sp³-hybridized carbons (Fsp3) is 0.167. The van der Waals surface area contributed by atoms with E-state index in [1.807, 2.05) is 66.7 Å². The maximum absolute atomic E-state index is 12.4. The first-order chi connectivity index (χ1) is 15.2. The number of hydrogen-bond donors (Lipinski definition) is 2. The predicted molar refractivity (Wildman–Crippen MR) is 128 cm³/mol. The molecule has 0 unspecified atom stereocenters. The number of fused-ring (bicyclic) bond motifs is 1. The molecule has 1 amide bonds. The highest BCUT2D eigenvalue weighted by Gasteiger charge is 2.09. The molecule has 0 aliphatic heterocycles. The molecule has 1 aromatic heterocycles. The lowest BCUT2D eigenvalue weighted by atomic mass is 10.0. The summed E-state index contributed by atoms with van der Waals surface area (Å²) >= 11 is 7.70. The Morgan fingerprint density at radius 1 is 1.00 bits per heavy atom. The second-order valence-corrected chi connectivity index (χ2v) is 8.20. The van der Waals surface area contributed by atoms with Crippen LogP contribution in [0.15, 0.2) is 66.7 Å². The molecule has 0 fully saturated rings. The number of halogens is 1. The number of benzene rings is 3. The van der Waals surface area contributed by atoms with Crippen LogP contribution in [0.25, 0.3) is 21.2 Å². The highest BCUT2D eigenvalue weighted by molar-refractivity contribution is 7.13. The maximum Gasteiger partial charge on any atom is 0.251 e. The molecule has 1 heterocycles. The summed E-state index contributed by atoms with van der Waals surface area (Å²) in [7, 11) is 1.65. The van der Waals surface area contributed by atoms with Crippen LogP contribution in [0.5, 0.6) is 5.75 Å². The lowest BCUT2D eigenvalue weighted by Crippen LogP contribution is -2.25. The zero-order chi connectivity index (χ0) is 21.6. The monoisotopic (exact) mass is 451 g/mol.